The molecule has 0 aliphatic rings. The molecule has 0 aliphatic heterocycles. The zero-order valence-corrected chi connectivity index (χ0v) is 9.69. The van der Waals surface area contributed by atoms with Gasteiger partial charge in [0.05, 0.1) is 5.02 Å². The molecule has 0 saturated carbocycles. The molecule has 70 valence electrons. The molecule has 3 heteroatoms. The lowest BCUT2D eigenvalue weighted by Gasteiger charge is -1.97. The Morgan fingerprint density at radius 3 is 2.92 bits per heavy atom. The number of rotatable bonds is 3. The summed E-state index contributed by atoms with van der Waals surface area (Å²) in [5, 5.41) is 3.78. The quantitative estimate of drug-likeness (QED) is 0.879. The maximum Gasteiger partial charge on any atom is 0.0548 e. The fourth-order valence-electron chi connectivity index (χ4n) is 0.929. The van der Waals surface area contributed by atoms with Crippen molar-refractivity contribution in [2.75, 3.05) is 13.6 Å². The molecule has 1 N–H and O–H groups in total. The van der Waals surface area contributed by atoms with Gasteiger partial charge in [0.15, 0.2) is 0 Å². The lowest BCUT2D eigenvalue weighted by molar-refractivity contribution is 0.922. The molecule has 0 bridgehead atoms. The molecule has 0 aliphatic carbocycles. The van der Waals surface area contributed by atoms with Crippen molar-refractivity contribution in [2.24, 2.45) is 0 Å². The summed E-state index contributed by atoms with van der Waals surface area (Å²) in [4.78, 5) is 0. The molecular formula is C10H11BrClN. The van der Waals surface area contributed by atoms with E-state index in [0.717, 1.165) is 21.6 Å². The van der Waals surface area contributed by atoms with E-state index in [-0.39, 0.29) is 0 Å². The Morgan fingerprint density at radius 2 is 2.31 bits per heavy atom. The number of likely N-dealkylation sites (N-methyl/N-ethyl adjacent to an activating group) is 1. The minimum Gasteiger partial charge on any atom is -0.316 e. The lowest BCUT2D eigenvalue weighted by atomic mass is 10.2. The molecule has 1 aromatic carbocycles. The average molecular weight is 261 g/mol. The Balaban J connectivity index is 2.73. The average Bonchev–Trinajstić information content (AvgIpc) is 2.12. The minimum absolute atomic E-state index is 0.741. The van der Waals surface area contributed by atoms with Crippen molar-refractivity contribution in [3.63, 3.8) is 0 Å². The Labute approximate surface area is 91.9 Å². The van der Waals surface area contributed by atoms with Crippen LogP contribution in [0.15, 0.2) is 28.7 Å². The van der Waals surface area contributed by atoms with E-state index in [2.05, 4.69) is 33.4 Å². The van der Waals surface area contributed by atoms with Crippen molar-refractivity contribution in [3.8, 4) is 0 Å². The zero-order chi connectivity index (χ0) is 9.68. The van der Waals surface area contributed by atoms with Crippen LogP contribution in [-0.4, -0.2) is 13.6 Å². The second-order valence-electron chi connectivity index (χ2n) is 2.63. The summed E-state index contributed by atoms with van der Waals surface area (Å²) in [5.74, 6) is 0. The van der Waals surface area contributed by atoms with E-state index in [0.29, 0.717) is 0 Å². The first kappa shape index (κ1) is 10.8. The predicted molar refractivity (Wildman–Crippen MR) is 62.1 cm³/mol. The Bertz CT molecular complexity index is 310. The fraction of sp³-hybridized carbons (Fsp3) is 0.200. The number of benzene rings is 1. The highest BCUT2D eigenvalue weighted by atomic mass is 79.9. The Morgan fingerprint density at radius 1 is 1.54 bits per heavy atom. The smallest absolute Gasteiger partial charge is 0.0548 e. The zero-order valence-electron chi connectivity index (χ0n) is 7.35. The highest BCUT2D eigenvalue weighted by molar-refractivity contribution is 9.10. The number of hydrogen-bond acceptors (Lipinski definition) is 1. The maximum absolute atomic E-state index is 5.86. The number of hydrogen-bond donors (Lipinski definition) is 1. The summed E-state index contributed by atoms with van der Waals surface area (Å²) in [5.41, 5.74) is 1.14. The molecule has 0 aromatic heterocycles. The third-order valence-corrected chi connectivity index (χ3v) is 2.79. The molecular weight excluding hydrogens is 249 g/mol. The van der Waals surface area contributed by atoms with Crippen LogP contribution in [0.5, 0.6) is 0 Å². The monoisotopic (exact) mass is 259 g/mol. The lowest BCUT2D eigenvalue weighted by Crippen LogP contribution is -2.03. The van der Waals surface area contributed by atoms with Crippen LogP contribution in [0, 0.1) is 0 Å². The molecule has 0 heterocycles. The first-order valence-electron chi connectivity index (χ1n) is 4.00. The molecule has 0 radical (unpaired) electrons. The van der Waals surface area contributed by atoms with Gasteiger partial charge in [0.25, 0.3) is 0 Å². The molecule has 0 atom stereocenters. The summed E-state index contributed by atoms with van der Waals surface area (Å²) in [6.07, 6.45) is 4.12. The Kier molecular flexibility index (Phi) is 4.50. The molecule has 0 amide bonds. The SMILES string of the molecule is CNCC=Cc1ccc(Cl)c(Br)c1. The molecule has 0 spiro atoms. The van der Waals surface area contributed by atoms with E-state index in [9.17, 15) is 0 Å². The van der Waals surface area contributed by atoms with Gasteiger partial charge < -0.3 is 5.32 Å². The number of halogens is 2. The summed E-state index contributed by atoms with van der Waals surface area (Å²) < 4.78 is 0.931. The van der Waals surface area contributed by atoms with Gasteiger partial charge >= 0.3 is 0 Å². The van der Waals surface area contributed by atoms with Crippen molar-refractivity contribution in [1.29, 1.82) is 0 Å². The van der Waals surface area contributed by atoms with E-state index in [4.69, 9.17) is 11.6 Å². The van der Waals surface area contributed by atoms with E-state index in [1.807, 2.05) is 25.2 Å². The van der Waals surface area contributed by atoms with Gasteiger partial charge in [0.1, 0.15) is 0 Å². The van der Waals surface area contributed by atoms with Gasteiger partial charge in [-0.05, 0) is 40.7 Å². The van der Waals surface area contributed by atoms with E-state index >= 15 is 0 Å². The molecule has 13 heavy (non-hydrogen) atoms. The van der Waals surface area contributed by atoms with Crippen molar-refractivity contribution >= 4 is 33.6 Å². The molecule has 1 nitrogen and oxygen atoms in total. The van der Waals surface area contributed by atoms with Crippen molar-refractivity contribution in [2.45, 2.75) is 0 Å². The van der Waals surface area contributed by atoms with Gasteiger partial charge in [-0.15, -0.1) is 0 Å². The van der Waals surface area contributed by atoms with E-state index in [1.165, 1.54) is 0 Å². The number of nitrogens with one attached hydrogen (secondary N) is 1. The second-order valence-corrected chi connectivity index (χ2v) is 3.90. The van der Waals surface area contributed by atoms with Crippen molar-refractivity contribution in [1.82, 2.24) is 5.32 Å². The van der Waals surface area contributed by atoms with E-state index in [1.54, 1.807) is 0 Å². The third kappa shape index (κ3) is 3.51. The summed E-state index contributed by atoms with van der Waals surface area (Å²) in [7, 11) is 1.92. The highest BCUT2D eigenvalue weighted by Gasteiger charge is 1.95. The highest BCUT2D eigenvalue weighted by Crippen LogP contribution is 2.23. The molecule has 0 fully saturated rings. The van der Waals surface area contributed by atoms with Crippen LogP contribution in [0.4, 0.5) is 0 Å². The summed E-state index contributed by atoms with van der Waals surface area (Å²) in [6.45, 7) is 0.875. The molecule has 0 unspecified atom stereocenters. The van der Waals surface area contributed by atoms with Crippen molar-refractivity contribution < 1.29 is 0 Å². The van der Waals surface area contributed by atoms with Crippen LogP contribution in [0.25, 0.3) is 6.08 Å². The topological polar surface area (TPSA) is 12.0 Å². The van der Waals surface area contributed by atoms with Crippen molar-refractivity contribution in [3.05, 3.63) is 39.3 Å². The van der Waals surface area contributed by atoms with Gasteiger partial charge in [-0.1, -0.05) is 29.8 Å². The maximum atomic E-state index is 5.86. The molecule has 0 saturated heterocycles. The van der Waals surface area contributed by atoms with Gasteiger partial charge in [-0.3, -0.25) is 0 Å². The third-order valence-electron chi connectivity index (χ3n) is 1.58. The minimum atomic E-state index is 0.741. The normalized spacial score (nSPS) is 11.0. The summed E-state index contributed by atoms with van der Waals surface area (Å²) >= 11 is 9.23. The van der Waals surface area contributed by atoms with Gasteiger partial charge in [-0.25, -0.2) is 0 Å². The van der Waals surface area contributed by atoms with Crippen LogP contribution < -0.4 is 5.32 Å². The van der Waals surface area contributed by atoms with Gasteiger partial charge in [-0.2, -0.15) is 0 Å². The second kappa shape index (κ2) is 5.43. The largest absolute Gasteiger partial charge is 0.316 e. The van der Waals surface area contributed by atoms with Crippen LogP contribution in [0.2, 0.25) is 5.02 Å². The molecule has 1 rings (SSSR count). The van der Waals surface area contributed by atoms with Gasteiger partial charge in [0.2, 0.25) is 0 Å². The fourth-order valence-corrected chi connectivity index (χ4v) is 1.44. The standard InChI is InChI=1S/C10H11BrClN/c1-13-6-2-3-8-4-5-10(12)9(11)7-8/h2-5,7,13H,6H2,1H3. The molecule has 1 aromatic rings. The first-order valence-corrected chi connectivity index (χ1v) is 5.17. The van der Waals surface area contributed by atoms with Crippen LogP contribution in [-0.2, 0) is 0 Å². The summed E-state index contributed by atoms with van der Waals surface area (Å²) in [6, 6.07) is 5.86. The van der Waals surface area contributed by atoms with Crippen LogP contribution in [0.3, 0.4) is 0 Å². The van der Waals surface area contributed by atoms with Crippen LogP contribution in [0.1, 0.15) is 5.56 Å². The Hall–Kier alpha value is -0.310. The van der Waals surface area contributed by atoms with Crippen LogP contribution >= 0.6 is 27.5 Å². The van der Waals surface area contributed by atoms with Gasteiger partial charge in [0, 0.05) is 11.0 Å². The predicted octanol–water partition coefficient (Wildman–Crippen LogP) is 3.34. The van der Waals surface area contributed by atoms with E-state index < -0.39 is 0 Å². The first-order chi connectivity index (χ1) is 6.24.